The van der Waals surface area contributed by atoms with Gasteiger partial charge in [-0.3, -0.25) is 0 Å². The van der Waals surface area contributed by atoms with Crippen LogP contribution in [0.25, 0.3) is 11.1 Å². The summed E-state index contributed by atoms with van der Waals surface area (Å²) in [5.74, 6) is 2.33. The first-order chi connectivity index (χ1) is 10.4. The van der Waals surface area contributed by atoms with Crippen LogP contribution < -0.4 is 4.90 Å². The van der Waals surface area contributed by atoms with E-state index in [0.29, 0.717) is 17.2 Å². The molecule has 0 spiro atoms. The van der Waals surface area contributed by atoms with E-state index >= 15 is 0 Å². The number of nitrogens with zero attached hydrogens (tertiary/aromatic N) is 2. The van der Waals surface area contributed by atoms with E-state index in [9.17, 15) is 0 Å². The van der Waals surface area contributed by atoms with Gasteiger partial charge >= 0.3 is 0 Å². The molecule has 0 amide bonds. The van der Waals surface area contributed by atoms with Crippen LogP contribution in [-0.4, -0.2) is 11.2 Å². The van der Waals surface area contributed by atoms with Crippen molar-refractivity contribution >= 4 is 23.5 Å². The number of para-hydroxylation sites is 1. The highest BCUT2D eigenvalue weighted by atomic mass is 32.2. The van der Waals surface area contributed by atoms with Gasteiger partial charge in [-0.15, -0.1) is 0 Å². The molecule has 21 heavy (non-hydrogen) atoms. The van der Waals surface area contributed by atoms with Gasteiger partial charge < -0.3 is 4.90 Å². The molecule has 0 saturated heterocycles. The first kappa shape index (κ1) is 10.7. The Kier molecular flexibility index (Phi) is 1.74. The first-order valence-electron chi connectivity index (χ1n) is 7.37. The minimum atomic E-state index is 0.442. The van der Waals surface area contributed by atoms with Gasteiger partial charge in [0.25, 0.3) is 0 Å². The Hall–Kier alpha value is -2.00. The minimum Gasteiger partial charge on any atom is -0.309 e. The maximum absolute atomic E-state index is 4.83. The second kappa shape index (κ2) is 3.42. The molecule has 0 aromatic heterocycles. The number of anilines is 1. The van der Waals surface area contributed by atoms with Crippen LogP contribution >= 0.6 is 11.9 Å². The molecule has 0 saturated carbocycles. The summed E-state index contributed by atoms with van der Waals surface area (Å²) in [4.78, 5) is 2.49. The summed E-state index contributed by atoms with van der Waals surface area (Å²) in [6.07, 6.45) is 4.72. The van der Waals surface area contributed by atoms with E-state index in [2.05, 4.69) is 59.5 Å². The quantitative estimate of drug-likeness (QED) is 0.533. The lowest BCUT2D eigenvalue weighted by molar-refractivity contribution is 0.495. The molecule has 2 aromatic rings. The first-order valence-corrected chi connectivity index (χ1v) is 8.21. The maximum Gasteiger partial charge on any atom is 0.150 e. The van der Waals surface area contributed by atoms with E-state index in [0.717, 1.165) is 5.84 Å². The maximum atomic E-state index is 4.83. The van der Waals surface area contributed by atoms with Gasteiger partial charge in [-0.25, -0.2) is 0 Å². The van der Waals surface area contributed by atoms with Crippen molar-refractivity contribution in [3.05, 3.63) is 65.7 Å². The van der Waals surface area contributed by atoms with Crippen LogP contribution in [0.1, 0.15) is 17.0 Å². The lowest BCUT2D eigenvalue weighted by atomic mass is 9.71. The fraction of sp³-hybridized carbons (Fsp3) is 0.167. The fourth-order valence-electron chi connectivity index (χ4n) is 4.13. The predicted molar refractivity (Wildman–Crippen MR) is 87.6 cm³/mol. The molecule has 0 radical (unpaired) electrons. The molecule has 6 rings (SSSR count). The van der Waals surface area contributed by atoms with E-state index in [1.54, 1.807) is 11.9 Å². The van der Waals surface area contributed by atoms with Gasteiger partial charge in [0.1, 0.15) is 11.2 Å². The molecular weight excluding hydrogens is 276 g/mol. The van der Waals surface area contributed by atoms with Crippen LogP contribution in [0.3, 0.4) is 0 Å². The summed E-state index contributed by atoms with van der Waals surface area (Å²) in [6, 6.07) is 15.4. The third-order valence-electron chi connectivity index (χ3n) is 5.14. The number of fused-ring (bicyclic) bond motifs is 6. The zero-order valence-corrected chi connectivity index (χ0v) is 12.0. The number of benzene rings is 2. The summed E-state index contributed by atoms with van der Waals surface area (Å²) < 4.78 is 4.83. The Labute approximate surface area is 127 Å². The molecule has 3 unspecified atom stereocenters. The van der Waals surface area contributed by atoms with Gasteiger partial charge in [0, 0.05) is 34.9 Å². The largest absolute Gasteiger partial charge is 0.309 e. The third-order valence-corrected chi connectivity index (χ3v) is 6.16. The molecule has 1 aliphatic carbocycles. The monoisotopic (exact) mass is 288 g/mol. The van der Waals surface area contributed by atoms with Crippen molar-refractivity contribution in [3.8, 4) is 11.1 Å². The summed E-state index contributed by atoms with van der Waals surface area (Å²) >= 11 is 1.75. The highest BCUT2D eigenvalue weighted by molar-refractivity contribution is 7.99. The Bertz CT molecular complexity index is 867. The van der Waals surface area contributed by atoms with Gasteiger partial charge in [-0.1, -0.05) is 54.6 Å². The molecule has 3 heterocycles. The number of hydrogen-bond acceptors (Lipinski definition) is 3. The molecule has 0 bridgehead atoms. The second-order valence-electron chi connectivity index (χ2n) is 6.06. The molecule has 100 valence electrons. The van der Waals surface area contributed by atoms with Crippen LogP contribution in [0, 0.1) is 5.92 Å². The summed E-state index contributed by atoms with van der Waals surface area (Å²) in [6.45, 7) is 0. The normalized spacial score (nSPS) is 29.2. The van der Waals surface area contributed by atoms with Gasteiger partial charge in [0.05, 0.1) is 5.69 Å². The standard InChI is InChI=1S/C18H12N2S/c1-2-5-14-10(4-1)12-6-3-7-13-11-8-9-15(11)18-20(16(12)13)17(14)19-21-18/h1-9,11,15,18H. The lowest BCUT2D eigenvalue weighted by Gasteiger charge is -2.47. The number of rotatable bonds is 0. The Morgan fingerprint density at radius 2 is 1.76 bits per heavy atom. The smallest absolute Gasteiger partial charge is 0.150 e. The van der Waals surface area contributed by atoms with Gasteiger partial charge in [-0.2, -0.15) is 4.40 Å². The van der Waals surface area contributed by atoms with Crippen LogP contribution in [0.2, 0.25) is 0 Å². The van der Waals surface area contributed by atoms with Crippen molar-refractivity contribution in [2.45, 2.75) is 11.3 Å². The molecule has 3 aliphatic heterocycles. The molecule has 3 atom stereocenters. The SMILES string of the molecule is C1=CC2C1c1cccc3c1N1C(=NSC21)c1ccccc1-3. The van der Waals surface area contributed by atoms with Gasteiger partial charge in [-0.05, 0) is 11.1 Å². The molecule has 2 aromatic carbocycles. The zero-order chi connectivity index (χ0) is 13.6. The van der Waals surface area contributed by atoms with Crippen LogP contribution in [-0.2, 0) is 0 Å². The molecule has 2 nitrogen and oxygen atoms in total. The van der Waals surface area contributed by atoms with Crippen molar-refractivity contribution < 1.29 is 0 Å². The molecule has 3 heteroatoms. The zero-order valence-electron chi connectivity index (χ0n) is 11.2. The molecule has 0 N–H and O–H groups in total. The fourth-order valence-corrected chi connectivity index (χ4v) is 5.23. The van der Waals surface area contributed by atoms with E-state index in [1.165, 1.54) is 27.9 Å². The summed E-state index contributed by atoms with van der Waals surface area (Å²) in [5.41, 5.74) is 6.84. The van der Waals surface area contributed by atoms with Crippen molar-refractivity contribution in [1.29, 1.82) is 0 Å². The van der Waals surface area contributed by atoms with E-state index in [1.807, 2.05) is 0 Å². The third kappa shape index (κ3) is 1.09. The van der Waals surface area contributed by atoms with Crippen molar-refractivity contribution in [3.63, 3.8) is 0 Å². The average Bonchev–Trinajstić information content (AvgIpc) is 2.91. The Morgan fingerprint density at radius 1 is 0.905 bits per heavy atom. The average molecular weight is 288 g/mol. The van der Waals surface area contributed by atoms with E-state index in [4.69, 9.17) is 4.40 Å². The molecule has 0 fully saturated rings. The van der Waals surface area contributed by atoms with E-state index < -0.39 is 0 Å². The minimum absolute atomic E-state index is 0.442. The number of allylic oxidation sites excluding steroid dienone is 1. The lowest BCUT2D eigenvalue weighted by Crippen LogP contribution is -2.48. The topological polar surface area (TPSA) is 15.6 Å². The number of amidine groups is 1. The van der Waals surface area contributed by atoms with Crippen LogP contribution in [0.4, 0.5) is 5.69 Å². The van der Waals surface area contributed by atoms with Crippen LogP contribution in [0.5, 0.6) is 0 Å². The second-order valence-corrected chi connectivity index (χ2v) is 6.93. The van der Waals surface area contributed by atoms with Crippen LogP contribution in [0.15, 0.2) is 59.0 Å². The van der Waals surface area contributed by atoms with Crippen molar-refractivity contribution in [2.24, 2.45) is 10.3 Å². The van der Waals surface area contributed by atoms with Crippen molar-refractivity contribution in [1.82, 2.24) is 0 Å². The molecular formula is C18H12N2S. The van der Waals surface area contributed by atoms with Gasteiger partial charge in [0.2, 0.25) is 0 Å². The highest BCUT2D eigenvalue weighted by Gasteiger charge is 2.50. The Balaban J connectivity index is 1.77. The number of hydrogen-bond donors (Lipinski definition) is 0. The van der Waals surface area contributed by atoms with Gasteiger partial charge in [0.15, 0.2) is 0 Å². The Morgan fingerprint density at radius 3 is 2.62 bits per heavy atom. The van der Waals surface area contributed by atoms with E-state index in [-0.39, 0.29) is 0 Å². The molecule has 4 aliphatic rings. The predicted octanol–water partition coefficient (Wildman–Crippen LogP) is 4.19. The summed E-state index contributed by atoms with van der Waals surface area (Å²) in [5, 5.41) is 0.442. The highest BCUT2D eigenvalue weighted by Crippen LogP contribution is 2.58. The summed E-state index contributed by atoms with van der Waals surface area (Å²) in [7, 11) is 0. The van der Waals surface area contributed by atoms with Crippen molar-refractivity contribution in [2.75, 3.05) is 4.90 Å².